The van der Waals surface area contributed by atoms with Gasteiger partial charge in [0.1, 0.15) is 0 Å². The maximum Gasteiger partial charge on any atom is 0.223 e. The quantitative estimate of drug-likeness (QED) is 0.718. The second-order valence-electron chi connectivity index (χ2n) is 4.18. The van der Waals surface area contributed by atoms with Crippen LogP contribution < -0.4 is 0 Å². The van der Waals surface area contributed by atoms with Gasteiger partial charge >= 0.3 is 0 Å². The molecule has 2 rings (SSSR count). The first-order chi connectivity index (χ1) is 7.81. The first kappa shape index (κ1) is 11.5. The number of nitrogens with zero attached hydrogens (tertiary/aromatic N) is 1. The first-order valence-electron chi connectivity index (χ1n) is 5.68. The molecule has 1 saturated carbocycles. The summed E-state index contributed by atoms with van der Waals surface area (Å²) in [5.41, 5.74) is 1.06. The van der Waals surface area contributed by atoms with E-state index in [0.717, 1.165) is 24.8 Å². The van der Waals surface area contributed by atoms with Gasteiger partial charge in [-0.15, -0.1) is 11.6 Å². The molecule has 1 aromatic heterocycles. The molecule has 0 radical (unpaired) electrons. The molecule has 16 heavy (non-hydrogen) atoms. The minimum atomic E-state index is 0.212. The lowest BCUT2D eigenvalue weighted by Crippen LogP contribution is -2.32. The zero-order valence-corrected chi connectivity index (χ0v) is 9.95. The molecule has 0 N–H and O–H groups in total. The molecule has 1 fully saturated rings. The SMILES string of the molecule is O=C(CCCCl)N(Cc1ccoc1)C1CC1. The summed E-state index contributed by atoms with van der Waals surface area (Å²) in [7, 11) is 0. The predicted molar refractivity (Wildman–Crippen MR) is 62.2 cm³/mol. The van der Waals surface area contributed by atoms with Crippen molar-refractivity contribution in [2.24, 2.45) is 0 Å². The zero-order chi connectivity index (χ0) is 11.4. The van der Waals surface area contributed by atoms with Gasteiger partial charge in [-0.25, -0.2) is 0 Å². The van der Waals surface area contributed by atoms with Crippen molar-refractivity contribution in [1.82, 2.24) is 4.90 Å². The normalized spacial score (nSPS) is 15.1. The number of amides is 1. The van der Waals surface area contributed by atoms with Crippen molar-refractivity contribution in [2.45, 2.75) is 38.3 Å². The van der Waals surface area contributed by atoms with Crippen LogP contribution in [0.25, 0.3) is 0 Å². The second kappa shape index (κ2) is 5.39. The molecule has 1 aliphatic rings. The van der Waals surface area contributed by atoms with Crippen molar-refractivity contribution >= 4 is 17.5 Å². The van der Waals surface area contributed by atoms with E-state index >= 15 is 0 Å². The highest BCUT2D eigenvalue weighted by Crippen LogP contribution is 2.29. The Morgan fingerprint density at radius 1 is 1.56 bits per heavy atom. The van der Waals surface area contributed by atoms with Gasteiger partial charge in [0.25, 0.3) is 0 Å². The highest BCUT2D eigenvalue weighted by Gasteiger charge is 2.32. The Morgan fingerprint density at radius 2 is 2.38 bits per heavy atom. The molecular formula is C12H16ClNO2. The summed E-state index contributed by atoms with van der Waals surface area (Å²) in [6.07, 6.45) is 6.91. The van der Waals surface area contributed by atoms with Gasteiger partial charge in [-0.2, -0.15) is 0 Å². The van der Waals surface area contributed by atoms with Gasteiger partial charge in [0.15, 0.2) is 0 Å². The van der Waals surface area contributed by atoms with Crippen molar-refractivity contribution in [2.75, 3.05) is 5.88 Å². The summed E-state index contributed by atoms with van der Waals surface area (Å²) in [5.74, 6) is 0.764. The van der Waals surface area contributed by atoms with Crippen LogP contribution in [0, 0.1) is 0 Å². The van der Waals surface area contributed by atoms with E-state index in [1.165, 1.54) is 0 Å². The van der Waals surface area contributed by atoms with Crippen molar-refractivity contribution in [3.05, 3.63) is 24.2 Å². The maximum absolute atomic E-state index is 11.9. The van der Waals surface area contributed by atoms with Gasteiger partial charge in [-0.3, -0.25) is 4.79 Å². The number of rotatable bonds is 6. The molecule has 0 saturated heterocycles. The highest BCUT2D eigenvalue weighted by atomic mass is 35.5. The molecule has 0 atom stereocenters. The summed E-state index contributed by atoms with van der Waals surface area (Å²) in [6.45, 7) is 0.669. The molecule has 3 nitrogen and oxygen atoms in total. The molecule has 0 bridgehead atoms. The summed E-state index contributed by atoms with van der Waals surface area (Å²) < 4.78 is 5.02. The fraction of sp³-hybridized carbons (Fsp3) is 0.583. The zero-order valence-electron chi connectivity index (χ0n) is 9.19. The maximum atomic E-state index is 11.9. The predicted octanol–water partition coefficient (Wildman–Crippen LogP) is 2.79. The number of hydrogen-bond donors (Lipinski definition) is 0. The van der Waals surface area contributed by atoms with Crippen molar-refractivity contribution < 1.29 is 9.21 Å². The Kier molecular flexibility index (Phi) is 3.88. The Balaban J connectivity index is 1.92. The lowest BCUT2D eigenvalue weighted by molar-refractivity contribution is -0.132. The van der Waals surface area contributed by atoms with Crippen LogP contribution in [0.1, 0.15) is 31.2 Å². The van der Waals surface area contributed by atoms with Crippen LogP contribution in [0.3, 0.4) is 0 Å². The number of carbonyl (C=O) groups excluding carboxylic acids is 1. The average Bonchev–Trinajstić information content (AvgIpc) is 3.00. The molecule has 0 unspecified atom stereocenters. The average molecular weight is 242 g/mol. The van der Waals surface area contributed by atoms with Crippen LogP contribution in [0.15, 0.2) is 23.0 Å². The largest absolute Gasteiger partial charge is 0.472 e. The van der Waals surface area contributed by atoms with E-state index in [1.807, 2.05) is 11.0 Å². The van der Waals surface area contributed by atoms with Crippen LogP contribution in [-0.4, -0.2) is 22.7 Å². The fourth-order valence-corrected chi connectivity index (χ4v) is 1.88. The molecule has 4 heteroatoms. The van der Waals surface area contributed by atoms with Crippen LogP contribution in [0.4, 0.5) is 0 Å². The van der Waals surface area contributed by atoms with Crippen LogP contribution in [-0.2, 0) is 11.3 Å². The molecule has 1 aliphatic carbocycles. The van der Waals surface area contributed by atoms with E-state index < -0.39 is 0 Å². The standard InChI is InChI=1S/C12H16ClNO2/c13-6-1-2-12(15)14(11-3-4-11)8-10-5-7-16-9-10/h5,7,9,11H,1-4,6,8H2. The van der Waals surface area contributed by atoms with Crippen LogP contribution >= 0.6 is 11.6 Å². The first-order valence-corrected chi connectivity index (χ1v) is 6.21. The van der Waals surface area contributed by atoms with Crippen LogP contribution in [0.5, 0.6) is 0 Å². The molecule has 0 aliphatic heterocycles. The smallest absolute Gasteiger partial charge is 0.223 e. The van der Waals surface area contributed by atoms with Gasteiger partial charge in [-0.1, -0.05) is 0 Å². The lowest BCUT2D eigenvalue weighted by Gasteiger charge is -2.21. The van der Waals surface area contributed by atoms with Gasteiger partial charge in [0, 0.05) is 30.5 Å². The minimum Gasteiger partial charge on any atom is -0.472 e. The summed E-state index contributed by atoms with van der Waals surface area (Å²) in [5, 5.41) is 0. The summed E-state index contributed by atoms with van der Waals surface area (Å²) >= 11 is 5.60. The molecule has 1 heterocycles. The Bertz CT molecular complexity index is 333. The van der Waals surface area contributed by atoms with Gasteiger partial charge in [0.05, 0.1) is 12.5 Å². The van der Waals surface area contributed by atoms with Crippen molar-refractivity contribution in [1.29, 1.82) is 0 Å². The topological polar surface area (TPSA) is 33.5 Å². The van der Waals surface area contributed by atoms with E-state index in [-0.39, 0.29) is 5.91 Å². The highest BCUT2D eigenvalue weighted by molar-refractivity contribution is 6.17. The monoisotopic (exact) mass is 241 g/mol. The fourth-order valence-electron chi connectivity index (χ4n) is 1.75. The third-order valence-corrected chi connectivity index (χ3v) is 3.03. The molecule has 1 amide bonds. The summed E-state index contributed by atoms with van der Waals surface area (Å²) in [6, 6.07) is 2.35. The number of carbonyl (C=O) groups is 1. The van der Waals surface area contributed by atoms with Gasteiger partial charge < -0.3 is 9.32 Å². The van der Waals surface area contributed by atoms with E-state index in [4.69, 9.17) is 16.0 Å². The van der Waals surface area contributed by atoms with Crippen LogP contribution in [0.2, 0.25) is 0 Å². The Hall–Kier alpha value is -0.960. The molecule has 0 aromatic carbocycles. The number of halogens is 1. The van der Waals surface area contributed by atoms with Gasteiger partial charge in [0.2, 0.25) is 5.91 Å². The number of hydrogen-bond acceptors (Lipinski definition) is 2. The molecular weight excluding hydrogens is 226 g/mol. The Morgan fingerprint density at radius 3 is 2.94 bits per heavy atom. The number of furan rings is 1. The third kappa shape index (κ3) is 3.01. The minimum absolute atomic E-state index is 0.212. The second-order valence-corrected chi connectivity index (χ2v) is 4.55. The van der Waals surface area contributed by atoms with E-state index in [0.29, 0.717) is 24.9 Å². The van der Waals surface area contributed by atoms with E-state index in [9.17, 15) is 4.79 Å². The number of alkyl halides is 1. The molecule has 0 spiro atoms. The third-order valence-electron chi connectivity index (χ3n) is 2.77. The van der Waals surface area contributed by atoms with E-state index in [2.05, 4.69) is 0 Å². The van der Waals surface area contributed by atoms with Crippen molar-refractivity contribution in [3.8, 4) is 0 Å². The van der Waals surface area contributed by atoms with Crippen molar-refractivity contribution in [3.63, 3.8) is 0 Å². The lowest BCUT2D eigenvalue weighted by atomic mass is 10.2. The van der Waals surface area contributed by atoms with E-state index in [1.54, 1.807) is 12.5 Å². The molecule has 1 aromatic rings. The molecule has 88 valence electrons. The van der Waals surface area contributed by atoms with Gasteiger partial charge in [-0.05, 0) is 25.3 Å². The summed E-state index contributed by atoms with van der Waals surface area (Å²) in [4.78, 5) is 13.9. The Labute approximate surface area is 100 Å².